The third-order valence-electron chi connectivity index (χ3n) is 10.7. The van der Waals surface area contributed by atoms with Crippen molar-refractivity contribution in [2.45, 2.75) is 150 Å². The summed E-state index contributed by atoms with van der Waals surface area (Å²) in [5, 5.41) is 68.7. The number of aromatic amines is 2. The van der Waals surface area contributed by atoms with E-state index in [9.17, 15) is 54.6 Å². The molecule has 1 aromatic heterocycles. The second-order valence-electron chi connectivity index (χ2n) is 14.6. The number of carboxylic acids is 1. The smallest absolute Gasteiger partial charge is 0.332 e. The molecule has 21 heteroatoms. The summed E-state index contributed by atoms with van der Waals surface area (Å²) in [6, 6.07) is -1.54. The fraction of sp³-hybridized carbons (Fsp3) is 0.794. The Balaban J connectivity index is 1.46. The second kappa shape index (κ2) is 19.2. The highest BCUT2D eigenvalue weighted by molar-refractivity contribution is 5.92. The maximum atomic E-state index is 13.3. The number of carbonyl (C=O) groups excluding carboxylic acids is 2. The van der Waals surface area contributed by atoms with Crippen LogP contribution in [0, 0.1) is 5.92 Å². The largest absolute Gasteiger partial charge is 0.479 e. The molecule has 2 aliphatic carbocycles. The molecular weight excluding hydrogens is 734 g/mol. The third kappa shape index (κ3) is 10.5. The van der Waals surface area contributed by atoms with Crippen molar-refractivity contribution < 1.29 is 68.7 Å². The van der Waals surface area contributed by atoms with Gasteiger partial charge in [-0.15, -0.1) is 0 Å². The van der Waals surface area contributed by atoms with Crippen molar-refractivity contribution in [3.63, 3.8) is 0 Å². The van der Waals surface area contributed by atoms with E-state index in [2.05, 4.69) is 15.6 Å². The van der Waals surface area contributed by atoms with Gasteiger partial charge in [0.15, 0.2) is 18.7 Å². The van der Waals surface area contributed by atoms with E-state index in [0.29, 0.717) is 6.42 Å². The van der Waals surface area contributed by atoms with Gasteiger partial charge in [0, 0.05) is 6.07 Å². The van der Waals surface area contributed by atoms with Crippen LogP contribution < -0.4 is 27.6 Å². The monoisotopic (exact) mass is 787 g/mol. The number of nitrogens with two attached hydrogens (primary N) is 1. The van der Waals surface area contributed by atoms with Crippen LogP contribution in [0.3, 0.4) is 0 Å². The molecular formula is C34H53N5O16. The number of aromatic nitrogens is 2. The summed E-state index contributed by atoms with van der Waals surface area (Å²) >= 11 is 0. The van der Waals surface area contributed by atoms with Crippen LogP contribution in [-0.2, 0) is 33.3 Å². The van der Waals surface area contributed by atoms with Gasteiger partial charge < -0.3 is 75.7 Å². The van der Waals surface area contributed by atoms with Crippen molar-refractivity contribution >= 4 is 17.8 Å². The average molecular weight is 788 g/mol. The molecule has 5 rings (SSSR count). The van der Waals surface area contributed by atoms with Crippen molar-refractivity contribution in [2.24, 2.45) is 11.7 Å². The van der Waals surface area contributed by atoms with Crippen molar-refractivity contribution in [2.75, 3.05) is 13.2 Å². The first-order chi connectivity index (χ1) is 26.2. The Hall–Kier alpha value is -3.35. The Morgan fingerprint density at radius 1 is 0.891 bits per heavy atom. The maximum Gasteiger partial charge on any atom is 0.332 e. The number of aliphatic hydroxyl groups excluding tert-OH is 5. The summed E-state index contributed by atoms with van der Waals surface area (Å²) in [6.45, 7) is 0.154. The lowest BCUT2D eigenvalue weighted by Gasteiger charge is -2.48. The van der Waals surface area contributed by atoms with Gasteiger partial charge in [0.25, 0.3) is 11.5 Å². The molecule has 12 N–H and O–H groups in total. The van der Waals surface area contributed by atoms with Crippen LogP contribution in [0.25, 0.3) is 0 Å². The summed E-state index contributed by atoms with van der Waals surface area (Å²) in [5.74, 6) is -2.87. The molecule has 4 fully saturated rings. The molecule has 55 heavy (non-hydrogen) atoms. The Labute approximate surface area is 314 Å². The van der Waals surface area contributed by atoms with E-state index in [-0.39, 0.29) is 30.9 Å². The van der Waals surface area contributed by atoms with Gasteiger partial charge in [-0.05, 0) is 38.5 Å². The SMILES string of the molecule is CC1O[C@@H](OC2C(NC(=O)c3cc(=O)[nH]c(=O)[nH]3)CCC[C@H]2O[C@@H]2OC(CO)[C@H](O)C(O[C@@H](CC3CCCCC3)C(=O)O)C2NC(=O)CN)C(O)C(O)[C@@H]1O. The number of carboxylic acid groups (broad SMARTS) is 1. The highest BCUT2D eigenvalue weighted by Crippen LogP contribution is 2.35. The van der Waals surface area contributed by atoms with E-state index in [4.69, 9.17) is 29.4 Å². The molecule has 3 heterocycles. The number of carbonyl (C=O) groups is 3. The minimum Gasteiger partial charge on any atom is -0.479 e. The Kier molecular flexibility index (Phi) is 14.9. The van der Waals surface area contributed by atoms with Crippen LogP contribution in [0.15, 0.2) is 15.7 Å². The Morgan fingerprint density at radius 3 is 2.27 bits per heavy atom. The van der Waals surface area contributed by atoms with Crippen LogP contribution >= 0.6 is 0 Å². The number of aliphatic hydroxyl groups is 5. The summed E-state index contributed by atoms with van der Waals surface area (Å²) in [6.07, 6.45) is -12.1. The van der Waals surface area contributed by atoms with Crippen LogP contribution in [0.4, 0.5) is 0 Å². The number of hydrogen-bond acceptors (Lipinski definition) is 16. The molecule has 14 atom stereocenters. The van der Waals surface area contributed by atoms with Crippen molar-refractivity contribution in [1.82, 2.24) is 20.6 Å². The second-order valence-corrected chi connectivity index (χ2v) is 14.6. The number of amides is 2. The zero-order valence-corrected chi connectivity index (χ0v) is 30.4. The Morgan fingerprint density at radius 2 is 1.62 bits per heavy atom. The number of rotatable bonds is 14. The highest BCUT2D eigenvalue weighted by Gasteiger charge is 2.52. The van der Waals surface area contributed by atoms with E-state index < -0.39 is 128 Å². The van der Waals surface area contributed by atoms with Gasteiger partial charge in [-0.1, -0.05) is 32.1 Å². The van der Waals surface area contributed by atoms with Gasteiger partial charge >= 0.3 is 11.7 Å². The van der Waals surface area contributed by atoms with Gasteiger partial charge in [-0.3, -0.25) is 19.4 Å². The normalized spacial score (nSPS) is 36.5. The maximum absolute atomic E-state index is 13.3. The summed E-state index contributed by atoms with van der Waals surface area (Å²) in [4.78, 5) is 66.7. The number of hydrogen-bond donors (Lipinski definition) is 11. The van der Waals surface area contributed by atoms with E-state index in [1.54, 1.807) is 0 Å². The van der Waals surface area contributed by atoms with Gasteiger partial charge in [0.05, 0.1) is 31.4 Å². The molecule has 0 aromatic carbocycles. The molecule has 0 bridgehead atoms. The summed E-state index contributed by atoms with van der Waals surface area (Å²) < 4.78 is 30.4. The quantitative estimate of drug-likeness (QED) is 0.0863. The fourth-order valence-electron chi connectivity index (χ4n) is 7.77. The lowest BCUT2D eigenvalue weighted by Crippen LogP contribution is -2.68. The molecule has 0 radical (unpaired) electrons. The number of H-pyrrole nitrogens is 2. The molecule has 1 aromatic rings. The zero-order valence-electron chi connectivity index (χ0n) is 30.4. The molecule has 2 saturated heterocycles. The lowest BCUT2D eigenvalue weighted by molar-refractivity contribution is -0.334. The first kappa shape index (κ1) is 42.8. The number of aliphatic carboxylic acids is 1. The molecule has 0 spiro atoms. The van der Waals surface area contributed by atoms with Gasteiger partial charge in [-0.25, -0.2) is 9.59 Å². The van der Waals surface area contributed by atoms with E-state index in [1.807, 2.05) is 4.98 Å². The van der Waals surface area contributed by atoms with Crippen molar-refractivity contribution in [1.29, 1.82) is 0 Å². The topological polar surface area (TPSA) is 335 Å². The minimum absolute atomic E-state index is 0.0451. The van der Waals surface area contributed by atoms with Gasteiger partial charge in [-0.2, -0.15) is 0 Å². The molecule has 2 aliphatic heterocycles. The molecule has 4 aliphatic rings. The predicted molar refractivity (Wildman–Crippen MR) is 185 cm³/mol. The number of nitrogens with one attached hydrogen (secondary N) is 4. The zero-order chi connectivity index (χ0) is 40.0. The molecule has 8 unspecified atom stereocenters. The van der Waals surface area contributed by atoms with E-state index in [1.165, 1.54) is 6.92 Å². The molecule has 2 saturated carbocycles. The van der Waals surface area contributed by atoms with E-state index >= 15 is 0 Å². The van der Waals surface area contributed by atoms with Crippen LogP contribution in [-0.4, -0.2) is 157 Å². The highest BCUT2D eigenvalue weighted by atomic mass is 16.7. The average Bonchev–Trinajstić information content (AvgIpc) is 3.15. The van der Waals surface area contributed by atoms with Gasteiger partial charge in [0.2, 0.25) is 5.91 Å². The number of ether oxygens (including phenoxy) is 5. The summed E-state index contributed by atoms with van der Waals surface area (Å²) in [7, 11) is 0. The van der Waals surface area contributed by atoms with Crippen LogP contribution in [0.5, 0.6) is 0 Å². The molecule has 21 nitrogen and oxygen atoms in total. The molecule has 2 amide bonds. The third-order valence-corrected chi connectivity index (χ3v) is 10.7. The van der Waals surface area contributed by atoms with Crippen molar-refractivity contribution in [3.05, 3.63) is 32.6 Å². The molecule has 310 valence electrons. The first-order valence-corrected chi connectivity index (χ1v) is 18.7. The fourth-order valence-corrected chi connectivity index (χ4v) is 7.77. The van der Waals surface area contributed by atoms with Gasteiger partial charge in [0.1, 0.15) is 54.5 Å². The van der Waals surface area contributed by atoms with E-state index in [0.717, 1.165) is 38.2 Å². The van der Waals surface area contributed by atoms with Crippen LogP contribution in [0.2, 0.25) is 0 Å². The predicted octanol–water partition coefficient (Wildman–Crippen LogP) is -3.73. The standard InChI is InChI=1S/C34H53N5O16/c1-14-24(43)26(45)27(46)33(51-14)55-28-16(36-30(47)17-11-21(41)39-34(50)37-17)8-5-9-18(28)53-32-23(38-22(42)12-35)29(25(44)20(13-40)54-32)52-19(31(48)49)10-15-6-3-2-4-7-15/h11,14-16,18-20,23-29,32-33,40,43-46H,2-10,12-13,35H2,1H3,(H,36,47)(H,38,42)(H,48,49)(H2,37,39,41,50)/t14?,16?,18-,19+,20?,23?,24-,25+,26?,27?,28?,29?,32-,33+/m1/s1. The lowest BCUT2D eigenvalue weighted by atomic mass is 9.85. The van der Waals surface area contributed by atoms with Crippen LogP contribution in [0.1, 0.15) is 75.2 Å². The first-order valence-electron chi connectivity index (χ1n) is 18.7. The Bertz CT molecular complexity index is 1540. The van der Waals surface area contributed by atoms with Crippen molar-refractivity contribution in [3.8, 4) is 0 Å². The minimum atomic E-state index is -1.78. The summed E-state index contributed by atoms with van der Waals surface area (Å²) in [5.41, 5.74) is 3.47.